The van der Waals surface area contributed by atoms with Crippen LogP contribution in [0, 0.1) is 10.1 Å². The van der Waals surface area contributed by atoms with E-state index in [2.05, 4.69) is 0 Å². The van der Waals surface area contributed by atoms with Gasteiger partial charge in [0.25, 0.3) is 5.69 Å². The summed E-state index contributed by atoms with van der Waals surface area (Å²) in [6.45, 7) is 0. The topological polar surface area (TPSA) is 69.2 Å². The zero-order chi connectivity index (χ0) is 7.56. The van der Waals surface area contributed by atoms with Gasteiger partial charge in [0, 0.05) is 6.07 Å². The maximum Gasteiger partial charge on any atom is 0.292 e. The van der Waals surface area contributed by atoms with E-state index in [9.17, 15) is 10.1 Å². The number of halogens is 3. The highest BCUT2D eigenvalue weighted by Gasteiger charge is 2.07. The quantitative estimate of drug-likeness (QED) is 0.423. The lowest BCUT2D eigenvalue weighted by molar-refractivity contribution is -0.383. The highest BCUT2D eigenvalue weighted by Crippen LogP contribution is 2.18. The number of nitro benzene ring substituents is 1. The maximum atomic E-state index is 10.1. The standard InChI is InChI=1S/C6H6N2O2.3FH/c7-5-3-1-2-4-6(5)8(9)10;;;/h1-4H,7H2;3*1H. The van der Waals surface area contributed by atoms with Crippen LogP contribution in [0.25, 0.3) is 0 Å². The highest BCUT2D eigenvalue weighted by atomic mass is 19.0. The first-order valence-electron chi connectivity index (χ1n) is 2.70. The summed E-state index contributed by atoms with van der Waals surface area (Å²) in [4.78, 5) is 9.64. The van der Waals surface area contributed by atoms with Crippen LogP contribution in [0.3, 0.4) is 0 Å². The van der Waals surface area contributed by atoms with Crippen LogP contribution in [0.1, 0.15) is 0 Å². The van der Waals surface area contributed by atoms with E-state index in [1.165, 1.54) is 12.1 Å². The minimum atomic E-state index is -0.505. The zero-order valence-corrected chi connectivity index (χ0v) is 6.38. The van der Waals surface area contributed by atoms with Crippen LogP contribution in [0.4, 0.5) is 25.5 Å². The van der Waals surface area contributed by atoms with Gasteiger partial charge in [0.05, 0.1) is 4.92 Å². The molecule has 2 N–H and O–H groups in total. The summed E-state index contributed by atoms with van der Waals surface area (Å²) in [6.07, 6.45) is 0. The normalized spacial score (nSPS) is 7.08. The van der Waals surface area contributed by atoms with Crippen molar-refractivity contribution >= 4 is 11.4 Å². The van der Waals surface area contributed by atoms with Gasteiger partial charge in [0.15, 0.2) is 0 Å². The third-order valence-corrected chi connectivity index (χ3v) is 1.13. The molecule has 1 rings (SSSR count). The molecular weight excluding hydrogens is 189 g/mol. The van der Waals surface area contributed by atoms with Gasteiger partial charge in [-0.3, -0.25) is 24.2 Å². The molecule has 0 saturated heterocycles. The van der Waals surface area contributed by atoms with Crippen LogP contribution in [0.2, 0.25) is 0 Å². The number of anilines is 1. The highest BCUT2D eigenvalue weighted by molar-refractivity contribution is 5.57. The fourth-order valence-electron chi connectivity index (χ4n) is 0.654. The van der Waals surface area contributed by atoms with Crippen molar-refractivity contribution in [3.63, 3.8) is 0 Å². The molecule has 0 heterocycles. The van der Waals surface area contributed by atoms with Gasteiger partial charge in [-0.15, -0.1) is 0 Å². The Bertz CT molecular complexity index is 270. The van der Waals surface area contributed by atoms with E-state index >= 15 is 0 Å². The number of benzene rings is 1. The number of nitrogens with zero attached hydrogens (tertiary/aromatic N) is 1. The van der Waals surface area contributed by atoms with Crippen LogP contribution in [0.15, 0.2) is 24.3 Å². The predicted molar refractivity (Wildman–Crippen MR) is 45.0 cm³/mol. The lowest BCUT2D eigenvalue weighted by atomic mass is 10.3. The molecule has 0 radical (unpaired) electrons. The van der Waals surface area contributed by atoms with Crippen LogP contribution in [-0.2, 0) is 0 Å². The fraction of sp³-hybridized carbons (Fsp3) is 0. The Morgan fingerprint density at radius 2 is 1.62 bits per heavy atom. The van der Waals surface area contributed by atoms with Crippen molar-refractivity contribution in [3.8, 4) is 0 Å². The first kappa shape index (κ1) is 17.3. The van der Waals surface area contributed by atoms with Crippen LogP contribution in [0.5, 0.6) is 0 Å². The summed E-state index contributed by atoms with van der Waals surface area (Å²) in [5.41, 5.74) is 5.44. The van der Waals surface area contributed by atoms with Gasteiger partial charge in [0.2, 0.25) is 0 Å². The number of nitro groups is 1. The van der Waals surface area contributed by atoms with Crippen molar-refractivity contribution in [2.75, 3.05) is 5.73 Å². The average molecular weight is 198 g/mol. The zero-order valence-electron chi connectivity index (χ0n) is 6.38. The third-order valence-electron chi connectivity index (χ3n) is 1.13. The SMILES string of the molecule is F.F.F.Nc1ccccc1[N+](=O)[O-]. The van der Waals surface area contributed by atoms with Gasteiger partial charge < -0.3 is 5.73 Å². The molecule has 0 aliphatic rings. The monoisotopic (exact) mass is 198 g/mol. The molecule has 0 fully saturated rings. The maximum absolute atomic E-state index is 10.1. The summed E-state index contributed by atoms with van der Waals surface area (Å²) in [5.74, 6) is 0. The molecule has 0 saturated carbocycles. The van der Waals surface area contributed by atoms with Gasteiger partial charge in [-0.05, 0) is 6.07 Å². The number of rotatable bonds is 1. The first-order valence-corrected chi connectivity index (χ1v) is 2.70. The summed E-state index contributed by atoms with van der Waals surface area (Å²) in [7, 11) is 0. The van der Waals surface area contributed by atoms with Crippen LogP contribution >= 0.6 is 0 Å². The van der Waals surface area contributed by atoms with E-state index in [-0.39, 0.29) is 25.5 Å². The molecule has 13 heavy (non-hydrogen) atoms. The lowest BCUT2D eigenvalue weighted by Gasteiger charge is -1.92. The molecule has 4 nitrogen and oxygen atoms in total. The molecule has 7 heteroatoms. The Kier molecular flexibility index (Phi) is 9.19. The number of hydrogen-bond acceptors (Lipinski definition) is 3. The van der Waals surface area contributed by atoms with Gasteiger partial charge >= 0.3 is 0 Å². The summed E-state index contributed by atoms with van der Waals surface area (Å²) < 4.78 is 0. The van der Waals surface area contributed by atoms with E-state index in [1.54, 1.807) is 12.1 Å². The number of hydrogen-bond donors (Lipinski definition) is 1. The smallest absolute Gasteiger partial charge is 0.292 e. The predicted octanol–water partition coefficient (Wildman–Crippen LogP) is 1.63. The third kappa shape index (κ3) is 3.94. The Balaban J connectivity index is -0.000000333. The molecule has 1 aromatic rings. The number of para-hydroxylation sites is 2. The van der Waals surface area contributed by atoms with Crippen molar-refractivity contribution in [1.82, 2.24) is 0 Å². The number of nitrogens with two attached hydrogens (primary N) is 1. The number of nitrogen functional groups attached to an aromatic ring is 1. The molecule has 0 aliphatic heterocycles. The van der Waals surface area contributed by atoms with E-state index in [4.69, 9.17) is 5.73 Å². The largest absolute Gasteiger partial charge is 0.393 e. The van der Waals surface area contributed by atoms with Crippen molar-refractivity contribution in [2.45, 2.75) is 0 Å². The fourth-order valence-corrected chi connectivity index (χ4v) is 0.654. The Morgan fingerprint density at radius 3 is 1.92 bits per heavy atom. The second kappa shape index (κ2) is 6.89. The molecule has 0 spiro atoms. The molecular formula is C6H9F3N2O2. The van der Waals surface area contributed by atoms with Gasteiger partial charge in [-0.25, -0.2) is 0 Å². The second-order valence-electron chi connectivity index (χ2n) is 1.82. The van der Waals surface area contributed by atoms with E-state index in [0.717, 1.165) is 0 Å². The Hall–Kier alpha value is -1.79. The summed E-state index contributed by atoms with van der Waals surface area (Å²) in [6, 6.07) is 6.10. The lowest BCUT2D eigenvalue weighted by Crippen LogP contribution is -1.93. The molecule has 1 aromatic carbocycles. The van der Waals surface area contributed by atoms with E-state index in [1.807, 2.05) is 0 Å². The molecule has 0 aliphatic carbocycles. The first-order chi connectivity index (χ1) is 4.72. The molecule has 76 valence electrons. The molecule has 0 aromatic heterocycles. The summed E-state index contributed by atoms with van der Waals surface area (Å²) in [5, 5.41) is 10.1. The summed E-state index contributed by atoms with van der Waals surface area (Å²) >= 11 is 0. The van der Waals surface area contributed by atoms with E-state index < -0.39 is 4.92 Å². The molecule has 0 bridgehead atoms. The molecule has 0 atom stereocenters. The van der Waals surface area contributed by atoms with E-state index in [0.29, 0.717) is 0 Å². The molecule has 0 amide bonds. The molecule has 0 unspecified atom stereocenters. The van der Waals surface area contributed by atoms with Crippen molar-refractivity contribution < 1.29 is 19.0 Å². The Morgan fingerprint density at radius 1 is 1.15 bits per heavy atom. The van der Waals surface area contributed by atoms with Crippen molar-refractivity contribution in [2.24, 2.45) is 0 Å². The van der Waals surface area contributed by atoms with Crippen molar-refractivity contribution in [3.05, 3.63) is 34.4 Å². The van der Waals surface area contributed by atoms with Gasteiger partial charge in [-0.1, -0.05) is 12.1 Å². The Labute approximate surface area is 71.6 Å². The van der Waals surface area contributed by atoms with Gasteiger partial charge in [-0.2, -0.15) is 0 Å². The minimum absolute atomic E-state index is 0. The minimum Gasteiger partial charge on any atom is -0.393 e. The van der Waals surface area contributed by atoms with Crippen molar-refractivity contribution in [1.29, 1.82) is 0 Å². The van der Waals surface area contributed by atoms with Crippen LogP contribution < -0.4 is 5.73 Å². The second-order valence-corrected chi connectivity index (χ2v) is 1.82. The average Bonchev–Trinajstić information content (AvgIpc) is 1.88. The van der Waals surface area contributed by atoms with Gasteiger partial charge in [0.1, 0.15) is 5.69 Å². The van der Waals surface area contributed by atoms with Crippen LogP contribution in [-0.4, -0.2) is 4.92 Å².